The third kappa shape index (κ3) is 2.63. The summed E-state index contributed by atoms with van der Waals surface area (Å²) in [4.78, 5) is 18.7. The van der Waals surface area contributed by atoms with Crippen molar-refractivity contribution in [2.24, 2.45) is 7.05 Å². The molecule has 0 aromatic carbocycles. The molecule has 1 unspecified atom stereocenters. The van der Waals surface area contributed by atoms with Crippen LogP contribution < -0.4 is 0 Å². The van der Waals surface area contributed by atoms with Crippen molar-refractivity contribution in [1.29, 1.82) is 0 Å². The summed E-state index contributed by atoms with van der Waals surface area (Å²) in [7, 11) is 1.42. The number of amides is 1. The third-order valence-electron chi connectivity index (χ3n) is 3.85. The number of rotatable bonds is 3. The van der Waals surface area contributed by atoms with Crippen LogP contribution in [0.2, 0.25) is 0 Å². The van der Waals surface area contributed by atoms with Gasteiger partial charge in [-0.1, -0.05) is 0 Å². The number of aromatic nitrogens is 3. The topological polar surface area (TPSA) is 51.0 Å². The van der Waals surface area contributed by atoms with Crippen molar-refractivity contribution in [3.8, 4) is 0 Å². The van der Waals surface area contributed by atoms with E-state index in [4.69, 9.17) is 0 Å². The monoisotopic (exact) mass is 326 g/mol. The summed E-state index contributed by atoms with van der Waals surface area (Å²) in [6.07, 6.45) is -0.931. The number of alkyl halides is 2. The molecule has 1 amide bonds. The van der Waals surface area contributed by atoms with E-state index < -0.39 is 6.43 Å². The second-order valence-corrected chi connectivity index (χ2v) is 6.39. The van der Waals surface area contributed by atoms with E-state index in [1.165, 1.54) is 13.1 Å². The van der Waals surface area contributed by atoms with E-state index in [1.54, 1.807) is 16.2 Å². The summed E-state index contributed by atoms with van der Waals surface area (Å²) < 4.78 is 26.7. The normalized spacial score (nSPS) is 18.4. The Morgan fingerprint density at radius 2 is 2.27 bits per heavy atom. The van der Waals surface area contributed by atoms with Gasteiger partial charge in [-0.05, 0) is 25.8 Å². The number of carbonyl (C=O) groups excluding carboxylic acids is 1. The number of nitrogens with zero attached hydrogens (tertiary/aromatic N) is 4. The number of likely N-dealkylation sites (tertiary alicyclic amines) is 1. The van der Waals surface area contributed by atoms with E-state index in [1.807, 2.05) is 12.3 Å². The summed E-state index contributed by atoms with van der Waals surface area (Å²) in [6, 6.07) is 1.09. The molecule has 0 bridgehead atoms. The Bertz CT molecular complexity index is 697. The molecular formula is C14H16F2N4OS. The predicted octanol–water partition coefficient (Wildman–Crippen LogP) is 3.10. The van der Waals surface area contributed by atoms with Crippen molar-refractivity contribution in [2.45, 2.75) is 32.2 Å². The molecule has 0 aliphatic carbocycles. The Balaban J connectivity index is 1.86. The highest BCUT2D eigenvalue weighted by Gasteiger charge is 2.33. The van der Waals surface area contributed by atoms with E-state index >= 15 is 0 Å². The first-order valence-corrected chi connectivity index (χ1v) is 7.90. The molecule has 8 heteroatoms. The molecule has 2 aromatic heterocycles. The Morgan fingerprint density at radius 1 is 1.50 bits per heavy atom. The van der Waals surface area contributed by atoms with Crippen molar-refractivity contribution in [3.63, 3.8) is 0 Å². The lowest BCUT2D eigenvalue weighted by Gasteiger charge is -2.22. The van der Waals surface area contributed by atoms with E-state index in [0.717, 1.165) is 28.2 Å². The standard InChI is InChI=1S/C14H16F2N4OS/c1-8-17-10(7-22-8)11-4-3-5-20(11)14(21)9-6-12(13(15)16)19(2)18-9/h6-7,11,13H,3-5H2,1-2H3. The smallest absolute Gasteiger partial charge is 0.280 e. The van der Waals surface area contributed by atoms with E-state index in [9.17, 15) is 13.6 Å². The van der Waals surface area contributed by atoms with E-state index in [0.29, 0.717) is 6.54 Å². The van der Waals surface area contributed by atoms with Crippen LogP contribution in [0.25, 0.3) is 0 Å². The van der Waals surface area contributed by atoms with Gasteiger partial charge < -0.3 is 4.90 Å². The first-order valence-electron chi connectivity index (χ1n) is 7.02. The summed E-state index contributed by atoms with van der Waals surface area (Å²) in [5.41, 5.74) is 0.693. The Morgan fingerprint density at radius 3 is 2.86 bits per heavy atom. The number of aryl methyl sites for hydroxylation is 2. The molecular weight excluding hydrogens is 310 g/mol. The Hall–Kier alpha value is -1.83. The summed E-state index contributed by atoms with van der Waals surface area (Å²) in [5, 5.41) is 6.84. The number of hydrogen-bond acceptors (Lipinski definition) is 4. The van der Waals surface area contributed by atoms with Crippen molar-refractivity contribution in [2.75, 3.05) is 6.54 Å². The lowest BCUT2D eigenvalue weighted by atomic mass is 10.1. The highest BCUT2D eigenvalue weighted by molar-refractivity contribution is 7.09. The first-order chi connectivity index (χ1) is 10.5. The average Bonchev–Trinajstić information content (AvgIpc) is 3.16. The van der Waals surface area contributed by atoms with Crippen LogP contribution in [0.5, 0.6) is 0 Å². The SMILES string of the molecule is Cc1nc(C2CCCN2C(=O)c2cc(C(F)F)n(C)n2)cs1. The van der Waals surface area contributed by atoms with Crippen LogP contribution in [-0.4, -0.2) is 32.1 Å². The van der Waals surface area contributed by atoms with E-state index in [-0.39, 0.29) is 23.3 Å². The minimum Gasteiger partial charge on any atom is -0.329 e. The second-order valence-electron chi connectivity index (χ2n) is 5.33. The van der Waals surface area contributed by atoms with Gasteiger partial charge >= 0.3 is 0 Å². The average molecular weight is 326 g/mol. The molecule has 2 aromatic rings. The lowest BCUT2D eigenvalue weighted by molar-refractivity contribution is 0.0726. The highest BCUT2D eigenvalue weighted by Crippen LogP contribution is 2.33. The van der Waals surface area contributed by atoms with Crippen LogP contribution in [0.1, 0.15) is 52.2 Å². The van der Waals surface area contributed by atoms with Crippen LogP contribution in [0, 0.1) is 6.92 Å². The van der Waals surface area contributed by atoms with Crippen LogP contribution in [0.3, 0.4) is 0 Å². The molecule has 1 aliphatic heterocycles. The zero-order valence-electron chi connectivity index (χ0n) is 12.3. The fraction of sp³-hybridized carbons (Fsp3) is 0.500. The number of carbonyl (C=O) groups is 1. The van der Waals surface area contributed by atoms with Gasteiger partial charge in [-0.15, -0.1) is 11.3 Å². The van der Waals surface area contributed by atoms with Crippen molar-refractivity contribution in [3.05, 3.63) is 33.5 Å². The summed E-state index contributed by atoms with van der Waals surface area (Å²) in [6.45, 7) is 2.52. The van der Waals surface area contributed by atoms with Gasteiger partial charge in [-0.3, -0.25) is 9.48 Å². The number of halogens is 2. The fourth-order valence-corrected chi connectivity index (χ4v) is 3.45. The molecule has 0 spiro atoms. The highest BCUT2D eigenvalue weighted by atomic mass is 32.1. The molecule has 118 valence electrons. The van der Waals surface area contributed by atoms with Gasteiger partial charge in [0.05, 0.1) is 16.7 Å². The van der Waals surface area contributed by atoms with Crippen LogP contribution in [0.15, 0.2) is 11.4 Å². The zero-order valence-corrected chi connectivity index (χ0v) is 13.1. The fourth-order valence-electron chi connectivity index (χ4n) is 2.79. The van der Waals surface area contributed by atoms with Crippen LogP contribution in [0.4, 0.5) is 8.78 Å². The number of thiazole rings is 1. The molecule has 0 saturated carbocycles. The molecule has 1 fully saturated rings. The maximum Gasteiger partial charge on any atom is 0.280 e. The zero-order chi connectivity index (χ0) is 15.9. The Labute approximate surface area is 130 Å². The molecule has 1 aliphatic rings. The van der Waals surface area contributed by atoms with Gasteiger partial charge in [0.15, 0.2) is 5.69 Å². The minimum atomic E-state index is -2.64. The molecule has 1 saturated heterocycles. The molecule has 0 radical (unpaired) electrons. The largest absolute Gasteiger partial charge is 0.329 e. The molecule has 0 N–H and O–H groups in total. The summed E-state index contributed by atoms with van der Waals surface area (Å²) >= 11 is 1.54. The van der Waals surface area contributed by atoms with Gasteiger partial charge in [-0.25, -0.2) is 13.8 Å². The van der Waals surface area contributed by atoms with Crippen LogP contribution >= 0.6 is 11.3 Å². The van der Waals surface area contributed by atoms with Gasteiger partial charge in [0.2, 0.25) is 0 Å². The quantitative estimate of drug-likeness (QED) is 0.871. The lowest BCUT2D eigenvalue weighted by Crippen LogP contribution is -2.31. The predicted molar refractivity (Wildman–Crippen MR) is 78.0 cm³/mol. The molecule has 3 rings (SSSR count). The van der Waals surface area contributed by atoms with Crippen LogP contribution in [-0.2, 0) is 7.05 Å². The first kappa shape index (κ1) is 15.1. The second kappa shape index (κ2) is 5.75. The van der Waals surface area contributed by atoms with Crippen molar-refractivity contribution >= 4 is 17.2 Å². The maximum atomic E-state index is 12.8. The molecule has 22 heavy (non-hydrogen) atoms. The minimum absolute atomic E-state index is 0.0663. The van der Waals surface area contributed by atoms with Gasteiger partial charge in [0.1, 0.15) is 5.69 Å². The van der Waals surface area contributed by atoms with Gasteiger partial charge in [-0.2, -0.15) is 5.10 Å². The van der Waals surface area contributed by atoms with Crippen molar-refractivity contribution in [1.82, 2.24) is 19.7 Å². The van der Waals surface area contributed by atoms with E-state index in [2.05, 4.69) is 10.1 Å². The van der Waals surface area contributed by atoms with Gasteiger partial charge in [0.25, 0.3) is 12.3 Å². The third-order valence-corrected chi connectivity index (χ3v) is 4.64. The van der Waals surface area contributed by atoms with Crippen molar-refractivity contribution < 1.29 is 13.6 Å². The Kier molecular flexibility index (Phi) is 3.94. The molecule has 5 nitrogen and oxygen atoms in total. The maximum absolute atomic E-state index is 12.8. The summed E-state index contributed by atoms with van der Waals surface area (Å²) in [5.74, 6) is -0.310. The molecule has 3 heterocycles. The molecule has 1 atom stereocenters. The van der Waals surface area contributed by atoms with Gasteiger partial charge in [0, 0.05) is 19.0 Å². The number of hydrogen-bond donors (Lipinski definition) is 0.